The van der Waals surface area contributed by atoms with Gasteiger partial charge >= 0.3 is 0 Å². The molecule has 172 valence electrons. The van der Waals surface area contributed by atoms with E-state index < -0.39 is 0 Å². The molecular weight excluding hydrogens is 431 g/mol. The molecule has 2 heterocycles. The first-order valence-electron chi connectivity index (χ1n) is 11.4. The molecule has 0 spiro atoms. The molecular formula is C28H25FN2O3. The lowest BCUT2D eigenvalue weighted by molar-refractivity contribution is -0.136. The molecule has 2 aliphatic rings. The number of imide groups is 1. The highest BCUT2D eigenvalue weighted by Gasteiger charge is 2.42. The fourth-order valence-corrected chi connectivity index (χ4v) is 4.69. The Kier molecular flexibility index (Phi) is 5.88. The molecule has 0 fully saturated rings. The molecule has 2 amide bonds. The average molecular weight is 457 g/mol. The second kappa shape index (κ2) is 9.14. The summed E-state index contributed by atoms with van der Waals surface area (Å²) in [5.74, 6) is -0.240. The van der Waals surface area contributed by atoms with Crippen LogP contribution in [0.5, 0.6) is 5.75 Å². The number of rotatable bonds is 6. The third-order valence-electron chi connectivity index (χ3n) is 6.44. The number of halogens is 1. The molecule has 6 heteroatoms. The van der Waals surface area contributed by atoms with E-state index in [2.05, 4.69) is 6.07 Å². The number of aryl methyl sites for hydroxylation is 1. The number of carbonyl (C=O) groups is 2. The number of hydrogen-bond acceptors (Lipinski definition) is 4. The number of fused-ring (bicyclic) bond motifs is 1. The molecule has 3 aromatic carbocycles. The summed E-state index contributed by atoms with van der Waals surface area (Å²) in [7, 11) is 1.59. The largest absolute Gasteiger partial charge is 0.497 e. The van der Waals surface area contributed by atoms with Crippen LogP contribution in [0.2, 0.25) is 0 Å². The normalized spacial score (nSPS) is 15.7. The molecule has 0 atom stereocenters. The Hall–Kier alpha value is -3.93. The molecule has 34 heavy (non-hydrogen) atoms. The zero-order chi connectivity index (χ0) is 23.7. The molecule has 5 rings (SSSR count). The number of amides is 2. The Labute approximate surface area is 198 Å². The molecule has 0 bridgehead atoms. The van der Waals surface area contributed by atoms with Gasteiger partial charge in [-0.05, 0) is 66.3 Å². The van der Waals surface area contributed by atoms with Crippen LogP contribution < -0.4 is 9.64 Å². The van der Waals surface area contributed by atoms with Gasteiger partial charge in [0.15, 0.2) is 0 Å². The molecule has 0 aliphatic carbocycles. The highest BCUT2D eigenvalue weighted by atomic mass is 19.1. The maximum Gasteiger partial charge on any atom is 0.278 e. The van der Waals surface area contributed by atoms with E-state index in [0.29, 0.717) is 35.5 Å². The number of hydrogen-bond donors (Lipinski definition) is 0. The van der Waals surface area contributed by atoms with E-state index in [9.17, 15) is 14.0 Å². The highest BCUT2D eigenvalue weighted by molar-refractivity contribution is 6.36. The number of carbonyl (C=O) groups excluding carboxylic acids is 2. The van der Waals surface area contributed by atoms with Gasteiger partial charge in [-0.3, -0.25) is 14.5 Å². The zero-order valence-corrected chi connectivity index (χ0v) is 19.0. The Bertz CT molecular complexity index is 1270. The van der Waals surface area contributed by atoms with Crippen molar-refractivity contribution in [2.45, 2.75) is 19.3 Å². The van der Waals surface area contributed by atoms with Gasteiger partial charge in [0.1, 0.15) is 17.3 Å². The lowest BCUT2D eigenvalue weighted by atomic mass is 9.98. The first-order chi connectivity index (χ1) is 16.6. The molecule has 5 nitrogen and oxygen atoms in total. The second-order valence-electron chi connectivity index (χ2n) is 8.47. The third-order valence-corrected chi connectivity index (χ3v) is 6.44. The molecule has 0 saturated heterocycles. The number of nitrogens with zero attached hydrogens (tertiary/aromatic N) is 2. The Morgan fingerprint density at radius 1 is 0.912 bits per heavy atom. The van der Waals surface area contributed by atoms with Crippen molar-refractivity contribution in [2.24, 2.45) is 0 Å². The van der Waals surface area contributed by atoms with E-state index in [1.165, 1.54) is 22.6 Å². The van der Waals surface area contributed by atoms with Crippen molar-refractivity contribution >= 4 is 23.1 Å². The van der Waals surface area contributed by atoms with E-state index in [1.54, 1.807) is 31.4 Å². The number of methoxy groups -OCH3 is 1. The van der Waals surface area contributed by atoms with Crippen LogP contribution >= 0.6 is 0 Å². The Morgan fingerprint density at radius 2 is 1.65 bits per heavy atom. The summed E-state index contributed by atoms with van der Waals surface area (Å²) in [6, 6.07) is 21.4. The molecule has 0 radical (unpaired) electrons. The summed E-state index contributed by atoms with van der Waals surface area (Å²) >= 11 is 0. The van der Waals surface area contributed by atoms with Crippen molar-refractivity contribution in [1.82, 2.24) is 4.90 Å². The van der Waals surface area contributed by atoms with Crippen LogP contribution in [0.3, 0.4) is 0 Å². The first-order valence-corrected chi connectivity index (χ1v) is 11.4. The van der Waals surface area contributed by atoms with E-state index in [4.69, 9.17) is 4.74 Å². The van der Waals surface area contributed by atoms with Gasteiger partial charge in [-0.1, -0.05) is 42.5 Å². The summed E-state index contributed by atoms with van der Waals surface area (Å²) < 4.78 is 18.6. The van der Waals surface area contributed by atoms with Crippen molar-refractivity contribution in [3.63, 3.8) is 0 Å². The predicted molar refractivity (Wildman–Crippen MR) is 129 cm³/mol. The second-order valence-corrected chi connectivity index (χ2v) is 8.47. The first kappa shape index (κ1) is 21.9. The number of ether oxygens (including phenoxy) is 1. The van der Waals surface area contributed by atoms with Crippen LogP contribution in [0.1, 0.15) is 23.1 Å². The van der Waals surface area contributed by atoms with Crippen LogP contribution in [-0.2, 0) is 22.4 Å². The third kappa shape index (κ3) is 3.96. The SMILES string of the molecule is COc1ccc(C2=C(N3CCCc4ccccc43)C(=O)N(CCc3ccc(F)cc3)C2=O)cc1. The zero-order valence-electron chi connectivity index (χ0n) is 19.0. The van der Waals surface area contributed by atoms with E-state index in [1.807, 2.05) is 35.2 Å². The fraction of sp³-hybridized carbons (Fsp3) is 0.214. The maximum atomic E-state index is 13.7. The number of para-hydroxylation sites is 1. The quantitative estimate of drug-likeness (QED) is 0.509. The maximum absolute atomic E-state index is 13.7. The van der Waals surface area contributed by atoms with Gasteiger partial charge in [0.2, 0.25) is 0 Å². The summed E-state index contributed by atoms with van der Waals surface area (Å²) in [4.78, 5) is 30.7. The van der Waals surface area contributed by atoms with Crippen LogP contribution in [-0.4, -0.2) is 36.9 Å². The standard InChI is InChI=1S/C28H25FN2O3/c1-34-23-14-10-21(11-15-23)25-26(30-17-4-6-20-5-2-3-7-24(20)30)28(33)31(27(25)32)18-16-19-8-12-22(29)13-9-19/h2-3,5,7-15H,4,6,16-18H2,1H3. The van der Waals surface area contributed by atoms with Crippen molar-refractivity contribution in [2.75, 3.05) is 25.1 Å². The summed E-state index contributed by atoms with van der Waals surface area (Å²) in [5.41, 5.74) is 4.51. The van der Waals surface area contributed by atoms with Gasteiger partial charge in [0.05, 0.1) is 12.7 Å². The summed E-state index contributed by atoms with van der Waals surface area (Å²) in [6.07, 6.45) is 2.29. The fourth-order valence-electron chi connectivity index (χ4n) is 4.69. The minimum Gasteiger partial charge on any atom is -0.497 e. The molecule has 0 saturated carbocycles. The summed E-state index contributed by atoms with van der Waals surface area (Å²) in [6.45, 7) is 0.888. The van der Waals surface area contributed by atoms with Gasteiger partial charge in [-0.2, -0.15) is 0 Å². The lowest BCUT2D eigenvalue weighted by Crippen LogP contribution is -2.38. The monoisotopic (exact) mass is 456 g/mol. The van der Waals surface area contributed by atoms with Crippen LogP contribution in [0.4, 0.5) is 10.1 Å². The van der Waals surface area contributed by atoms with Crippen molar-refractivity contribution < 1.29 is 18.7 Å². The lowest BCUT2D eigenvalue weighted by Gasteiger charge is -2.32. The van der Waals surface area contributed by atoms with Gasteiger partial charge in [0.25, 0.3) is 11.8 Å². The van der Waals surface area contributed by atoms with Crippen molar-refractivity contribution in [3.8, 4) is 5.75 Å². The van der Waals surface area contributed by atoms with E-state index >= 15 is 0 Å². The van der Waals surface area contributed by atoms with Crippen molar-refractivity contribution in [3.05, 3.63) is 101 Å². The average Bonchev–Trinajstić information content (AvgIpc) is 3.12. The molecule has 0 unspecified atom stereocenters. The number of anilines is 1. The van der Waals surface area contributed by atoms with Crippen LogP contribution in [0, 0.1) is 5.82 Å². The molecule has 3 aromatic rings. The Balaban J connectivity index is 1.54. The number of benzene rings is 3. The summed E-state index contributed by atoms with van der Waals surface area (Å²) in [5, 5.41) is 0. The molecule has 0 aromatic heterocycles. The minimum absolute atomic E-state index is 0.224. The van der Waals surface area contributed by atoms with Gasteiger partial charge < -0.3 is 9.64 Å². The van der Waals surface area contributed by atoms with Gasteiger partial charge in [-0.25, -0.2) is 4.39 Å². The van der Waals surface area contributed by atoms with Gasteiger partial charge in [-0.15, -0.1) is 0 Å². The smallest absolute Gasteiger partial charge is 0.278 e. The minimum atomic E-state index is -0.313. The topological polar surface area (TPSA) is 49.9 Å². The highest BCUT2D eigenvalue weighted by Crippen LogP contribution is 2.38. The Morgan fingerprint density at radius 3 is 2.38 bits per heavy atom. The van der Waals surface area contributed by atoms with E-state index in [-0.39, 0.29) is 24.2 Å². The predicted octanol–water partition coefficient (Wildman–Crippen LogP) is 4.61. The molecule has 0 N–H and O–H groups in total. The van der Waals surface area contributed by atoms with Gasteiger partial charge in [0, 0.05) is 18.8 Å². The molecule has 2 aliphatic heterocycles. The van der Waals surface area contributed by atoms with Crippen molar-refractivity contribution in [1.29, 1.82) is 0 Å². The van der Waals surface area contributed by atoms with Crippen LogP contribution in [0.15, 0.2) is 78.5 Å². The van der Waals surface area contributed by atoms with Crippen LogP contribution in [0.25, 0.3) is 5.57 Å². The van der Waals surface area contributed by atoms with E-state index in [0.717, 1.165) is 24.1 Å².